The maximum atomic E-state index is 13.0. The molecule has 0 aliphatic heterocycles. The average Bonchev–Trinajstić information content (AvgIpc) is 2.18. The fraction of sp³-hybridized carbons (Fsp3) is 0.200. The second-order valence-electron chi connectivity index (χ2n) is 2.65. The van der Waals surface area contributed by atoms with Crippen molar-refractivity contribution in [2.75, 3.05) is 13.7 Å². The Morgan fingerprint density at radius 3 is 2.86 bits per heavy atom. The van der Waals surface area contributed by atoms with E-state index in [1.807, 2.05) is 0 Å². The summed E-state index contributed by atoms with van der Waals surface area (Å²) >= 11 is 5.93. The van der Waals surface area contributed by atoms with Gasteiger partial charge in [0.25, 0.3) is 0 Å². The fourth-order valence-corrected chi connectivity index (χ4v) is 1.30. The highest BCUT2D eigenvalue weighted by Crippen LogP contribution is 2.30. The van der Waals surface area contributed by atoms with E-state index in [-0.39, 0.29) is 5.82 Å². The van der Waals surface area contributed by atoms with Gasteiger partial charge in [-0.25, -0.2) is 4.39 Å². The van der Waals surface area contributed by atoms with Gasteiger partial charge in [-0.15, -0.1) is 0 Å². The van der Waals surface area contributed by atoms with E-state index in [1.54, 1.807) is 12.2 Å². The summed E-state index contributed by atoms with van der Waals surface area (Å²) in [4.78, 5) is 0. The first-order chi connectivity index (χ1) is 6.69. The molecule has 0 heterocycles. The number of rotatable bonds is 3. The lowest BCUT2D eigenvalue weighted by Gasteiger charge is -2.05. The van der Waals surface area contributed by atoms with Crippen LogP contribution in [0, 0.1) is 5.82 Å². The largest absolute Gasteiger partial charge is 0.495 e. The molecular formula is C10H11ClFNO. The Kier molecular flexibility index (Phi) is 3.92. The van der Waals surface area contributed by atoms with Gasteiger partial charge in [0.15, 0.2) is 0 Å². The normalized spacial score (nSPS) is 10.9. The molecule has 14 heavy (non-hydrogen) atoms. The molecule has 0 aliphatic rings. The molecule has 0 atom stereocenters. The Morgan fingerprint density at radius 1 is 1.57 bits per heavy atom. The average molecular weight is 216 g/mol. The summed E-state index contributed by atoms with van der Waals surface area (Å²) in [5.74, 6) is -0.0636. The number of benzene rings is 1. The van der Waals surface area contributed by atoms with E-state index in [9.17, 15) is 4.39 Å². The van der Waals surface area contributed by atoms with Gasteiger partial charge in [-0.2, -0.15) is 0 Å². The van der Waals surface area contributed by atoms with E-state index >= 15 is 0 Å². The van der Waals surface area contributed by atoms with Gasteiger partial charge in [0.05, 0.1) is 12.1 Å². The van der Waals surface area contributed by atoms with Crippen molar-refractivity contribution in [1.82, 2.24) is 0 Å². The van der Waals surface area contributed by atoms with E-state index in [0.29, 0.717) is 22.9 Å². The number of nitrogens with two attached hydrogens (primary N) is 1. The van der Waals surface area contributed by atoms with Crippen molar-refractivity contribution < 1.29 is 9.13 Å². The van der Waals surface area contributed by atoms with Gasteiger partial charge in [-0.3, -0.25) is 0 Å². The van der Waals surface area contributed by atoms with Crippen LogP contribution in [0.3, 0.4) is 0 Å². The standard InChI is InChI=1S/C10H11ClFNO/c1-14-9-6-8(12)5-7(10(9)11)3-2-4-13/h2-3,5-6H,4,13H2,1H3/b3-2+. The Balaban J connectivity index is 3.15. The van der Waals surface area contributed by atoms with Gasteiger partial charge < -0.3 is 10.5 Å². The number of hydrogen-bond acceptors (Lipinski definition) is 2. The predicted octanol–water partition coefficient (Wildman–Crippen LogP) is 2.46. The van der Waals surface area contributed by atoms with E-state index in [2.05, 4.69) is 0 Å². The number of ether oxygens (including phenoxy) is 1. The highest BCUT2D eigenvalue weighted by molar-refractivity contribution is 6.33. The van der Waals surface area contributed by atoms with E-state index in [1.165, 1.54) is 19.2 Å². The first kappa shape index (κ1) is 11.0. The Labute approximate surface area is 87.1 Å². The molecule has 2 nitrogen and oxygen atoms in total. The lowest BCUT2D eigenvalue weighted by molar-refractivity contribution is 0.411. The van der Waals surface area contributed by atoms with Crippen molar-refractivity contribution in [3.63, 3.8) is 0 Å². The SMILES string of the molecule is COc1cc(F)cc(/C=C/CN)c1Cl. The molecule has 1 aromatic carbocycles. The van der Waals surface area contributed by atoms with Gasteiger partial charge in [0, 0.05) is 12.6 Å². The zero-order valence-corrected chi connectivity index (χ0v) is 8.51. The Bertz CT molecular complexity index is 352. The Hall–Kier alpha value is -1.06. The highest BCUT2D eigenvalue weighted by Gasteiger charge is 2.07. The fourth-order valence-electron chi connectivity index (χ4n) is 1.05. The minimum atomic E-state index is -0.386. The highest BCUT2D eigenvalue weighted by atomic mass is 35.5. The van der Waals surface area contributed by atoms with Crippen molar-refractivity contribution >= 4 is 17.7 Å². The maximum Gasteiger partial charge on any atom is 0.140 e. The van der Waals surface area contributed by atoms with E-state index < -0.39 is 0 Å². The number of halogens is 2. The first-order valence-corrected chi connectivity index (χ1v) is 4.46. The quantitative estimate of drug-likeness (QED) is 0.841. The van der Waals surface area contributed by atoms with Crippen molar-refractivity contribution in [3.8, 4) is 5.75 Å². The minimum absolute atomic E-state index is 0.323. The summed E-state index contributed by atoms with van der Waals surface area (Å²) in [5.41, 5.74) is 5.84. The molecule has 0 unspecified atom stereocenters. The molecule has 0 fully saturated rings. The predicted molar refractivity (Wildman–Crippen MR) is 56.1 cm³/mol. The summed E-state index contributed by atoms with van der Waals surface area (Å²) in [6, 6.07) is 2.57. The van der Waals surface area contributed by atoms with Crippen LogP contribution in [0.5, 0.6) is 5.75 Å². The monoisotopic (exact) mass is 215 g/mol. The molecule has 1 rings (SSSR count). The zero-order chi connectivity index (χ0) is 10.6. The molecule has 4 heteroatoms. The molecular weight excluding hydrogens is 205 g/mol. The summed E-state index contributed by atoms with van der Waals surface area (Å²) in [6.07, 6.45) is 3.36. The molecule has 2 N–H and O–H groups in total. The van der Waals surface area contributed by atoms with Crippen LogP contribution in [0.25, 0.3) is 6.08 Å². The van der Waals surface area contributed by atoms with Gasteiger partial charge >= 0.3 is 0 Å². The van der Waals surface area contributed by atoms with Crippen molar-refractivity contribution in [2.45, 2.75) is 0 Å². The smallest absolute Gasteiger partial charge is 0.140 e. The molecule has 0 saturated carbocycles. The molecule has 0 aromatic heterocycles. The van der Waals surface area contributed by atoms with Gasteiger partial charge in [0.1, 0.15) is 11.6 Å². The van der Waals surface area contributed by atoms with Crippen LogP contribution in [-0.4, -0.2) is 13.7 Å². The summed E-state index contributed by atoms with van der Waals surface area (Å²) in [6.45, 7) is 0.384. The van der Waals surface area contributed by atoms with E-state index in [4.69, 9.17) is 22.1 Å². The molecule has 0 amide bonds. The zero-order valence-electron chi connectivity index (χ0n) is 7.76. The van der Waals surface area contributed by atoms with Gasteiger partial charge in [-0.05, 0) is 11.6 Å². The Morgan fingerprint density at radius 2 is 2.29 bits per heavy atom. The molecule has 0 saturated heterocycles. The molecule has 0 aliphatic carbocycles. The second-order valence-corrected chi connectivity index (χ2v) is 3.03. The third kappa shape index (κ3) is 2.47. The summed E-state index contributed by atoms with van der Waals surface area (Å²) < 4.78 is 17.9. The van der Waals surface area contributed by atoms with Crippen LogP contribution in [0.4, 0.5) is 4.39 Å². The topological polar surface area (TPSA) is 35.2 Å². The van der Waals surface area contributed by atoms with Crippen LogP contribution in [0.2, 0.25) is 5.02 Å². The van der Waals surface area contributed by atoms with Crippen molar-refractivity contribution in [1.29, 1.82) is 0 Å². The summed E-state index contributed by atoms with van der Waals surface area (Å²) in [7, 11) is 1.44. The first-order valence-electron chi connectivity index (χ1n) is 4.08. The minimum Gasteiger partial charge on any atom is -0.495 e. The molecule has 0 spiro atoms. The second kappa shape index (κ2) is 4.98. The molecule has 76 valence electrons. The van der Waals surface area contributed by atoms with Crippen LogP contribution in [0.1, 0.15) is 5.56 Å². The third-order valence-electron chi connectivity index (χ3n) is 1.69. The molecule has 0 bridgehead atoms. The number of hydrogen-bond donors (Lipinski definition) is 1. The lowest BCUT2D eigenvalue weighted by atomic mass is 10.2. The van der Waals surface area contributed by atoms with Crippen molar-refractivity contribution in [3.05, 3.63) is 34.6 Å². The molecule has 1 aromatic rings. The van der Waals surface area contributed by atoms with E-state index in [0.717, 1.165) is 0 Å². The summed E-state index contributed by atoms with van der Waals surface area (Å²) in [5, 5.41) is 0.388. The molecule has 0 radical (unpaired) electrons. The van der Waals surface area contributed by atoms with Crippen LogP contribution in [0.15, 0.2) is 18.2 Å². The lowest BCUT2D eigenvalue weighted by Crippen LogP contribution is -1.93. The number of methoxy groups -OCH3 is 1. The van der Waals surface area contributed by atoms with Crippen LogP contribution < -0.4 is 10.5 Å². The third-order valence-corrected chi connectivity index (χ3v) is 2.09. The van der Waals surface area contributed by atoms with Crippen LogP contribution in [-0.2, 0) is 0 Å². The van der Waals surface area contributed by atoms with Crippen molar-refractivity contribution in [2.24, 2.45) is 5.73 Å². The van der Waals surface area contributed by atoms with Gasteiger partial charge in [0.2, 0.25) is 0 Å². The van der Waals surface area contributed by atoms with Gasteiger partial charge in [-0.1, -0.05) is 23.8 Å². The van der Waals surface area contributed by atoms with Crippen LogP contribution >= 0.6 is 11.6 Å². The maximum absolute atomic E-state index is 13.0.